The van der Waals surface area contributed by atoms with E-state index in [0.29, 0.717) is 11.8 Å². The lowest BCUT2D eigenvalue weighted by Gasteiger charge is -2.34. The predicted molar refractivity (Wildman–Crippen MR) is 71.8 cm³/mol. The fraction of sp³-hybridized carbons (Fsp3) is 0.933. The summed E-state index contributed by atoms with van der Waals surface area (Å²) in [5.41, 5.74) is 0. The maximum atomic E-state index is 11.7. The van der Waals surface area contributed by atoms with Crippen molar-refractivity contribution < 1.29 is 15.0 Å². The number of carboxylic acid groups (broad SMARTS) is 1. The molecule has 0 bridgehead atoms. The van der Waals surface area contributed by atoms with E-state index in [1.807, 2.05) is 0 Å². The van der Waals surface area contributed by atoms with Gasteiger partial charge in [0.15, 0.2) is 0 Å². The average Bonchev–Trinajstić information content (AvgIpc) is 2.86. The molecule has 4 heteroatoms. The molecule has 2 saturated carbocycles. The van der Waals surface area contributed by atoms with Crippen LogP contribution in [-0.4, -0.2) is 45.8 Å². The zero-order chi connectivity index (χ0) is 13.4. The lowest BCUT2D eigenvalue weighted by Crippen LogP contribution is -2.50. The molecule has 4 nitrogen and oxygen atoms in total. The van der Waals surface area contributed by atoms with Crippen LogP contribution >= 0.6 is 0 Å². The number of fused-ring (bicyclic) bond motifs is 1. The zero-order valence-corrected chi connectivity index (χ0v) is 11.5. The van der Waals surface area contributed by atoms with Crippen LogP contribution in [0, 0.1) is 11.8 Å². The molecule has 3 aliphatic rings. The standard InChI is InChI=1S/C15H25NO3/c17-13-8-3-1-2-7-12(13)16-9-10-5-4-6-11(10)14(16)15(18)19/h10-14,17H,1-9H2,(H,18,19). The van der Waals surface area contributed by atoms with Gasteiger partial charge in [-0.1, -0.05) is 25.7 Å². The minimum absolute atomic E-state index is 0.0780. The Labute approximate surface area is 114 Å². The van der Waals surface area contributed by atoms with Gasteiger partial charge < -0.3 is 10.2 Å². The number of nitrogens with zero attached hydrogens (tertiary/aromatic N) is 1. The molecule has 0 amide bonds. The topological polar surface area (TPSA) is 60.8 Å². The SMILES string of the molecule is O=C(O)C1C2CCCC2CN1C1CCCCCC1O. The summed E-state index contributed by atoms with van der Waals surface area (Å²) >= 11 is 0. The maximum Gasteiger partial charge on any atom is 0.321 e. The van der Waals surface area contributed by atoms with Crippen molar-refractivity contribution in [3.63, 3.8) is 0 Å². The van der Waals surface area contributed by atoms with E-state index in [1.165, 1.54) is 19.3 Å². The second-order valence-corrected chi connectivity index (χ2v) is 6.61. The molecule has 1 aliphatic heterocycles. The maximum absolute atomic E-state index is 11.7. The van der Waals surface area contributed by atoms with Crippen molar-refractivity contribution in [1.29, 1.82) is 0 Å². The lowest BCUT2D eigenvalue weighted by molar-refractivity contribution is -0.145. The van der Waals surface area contributed by atoms with Gasteiger partial charge in [-0.05, 0) is 37.5 Å². The molecule has 108 valence electrons. The first-order valence-electron chi connectivity index (χ1n) is 7.85. The van der Waals surface area contributed by atoms with Gasteiger partial charge in [-0.15, -0.1) is 0 Å². The van der Waals surface area contributed by atoms with Gasteiger partial charge in [-0.2, -0.15) is 0 Å². The number of hydrogen-bond acceptors (Lipinski definition) is 3. The first-order valence-corrected chi connectivity index (χ1v) is 7.85. The van der Waals surface area contributed by atoms with Crippen molar-refractivity contribution in [2.75, 3.05) is 6.54 Å². The molecular formula is C15H25NO3. The van der Waals surface area contributed by atoms with Crippen LogP contribution in [0.15, 0.2) is 0 Å². The molecule has 19 heavy (non-hydrogen) atoms. The molecule has 0 radical (unpaired) electrons. The van der Waals surface area contributed by atoms with Crippen molar-refractivity contribution in [3.05, 3.63) is 0 Å². The summed E-state index contributed by atoms with van der Waals surface area (Å²) < 4.78 is 0. The van der Waals surface area contributed by atoms with Gasteiger partial charge in [0, 0.05) is 12.6 Å². The fourth-order valence-corrected chi connectivity index (χ4v) is 4.66. The molecule has 5 atom stereocenters. The predicted octanol–water partition coefficient (Wildman–Crippen LogP) is 1.87. The van der Waals surface area contributed by atoms with Crippen LogP contribution in [0.3, 0.4) is 0 Å². The lowest BCUT2D eigenvalue weighted by atomic mass is 9.93. The highest BCUT2D eigenvalue weighted by Gasteiger charge is 2.50. The zero-order valence-electron chi connectivity index (χ0n) is 11.5. The third-order valence-corrected chi connectivity index (χ3v) is 5.55. The summed E-state index contributed by atoms with van der Waals surface area (Å²) in [6.45, 7) is 0.892. The first-order chi connectivity index (χ1) is 9.18. The Morgan fingerprint density at radius 3 is 2.58 bits per heavy atom. The highest BCUT2D eigenvalue weighted by atomic mass is 16.4. The van der Waals surface area contributed by atoms with Gasteiger partial charge >= 0.3 is 5.97 Å². The van der Waals surface area contributed by atoms with Crippen molar-refractivity contribution in [2.24, 2.45) is 11.8 Å². The molecule has 2 N–H and O–H groups in total. The van der Waals surface area contributed by atoms with Gasteiger partial charge in [0.1, 0.15) is 6.04 Å². The van der Waals surface area contributed by atoms with Crippen LogP contribution in [0.5, 0.6) is 0 Å². The van der Waals surface area contributed by atoms with Gasteiger partial charge in [0.2, 0.25) is 0 Å². The van der Waals surface area contributed by atoms with E-state index in [1.54, 1.807) is 0 Å². The summed E-state index contributed by atoms with van der Waals surface area (Å²) in [6.07, 6.45) is 8.26. The highest BCUT2D eigenvalue weighted by Crippen LogP contribution is 2.44. The minimum atomic E-state index is -0.675. The molecular weight excluding hydrogens is 242 g/mol. The van der Waals surface area contributed by atoms with E-state index in [4.69, 9.17) is 0 Å². The van der Waals surface area contributed by atoms with Crippen molar-refractivity contribution in [3.8, 4) is 0 Å². The summed E-state index contributed by atoms with van der Waals surface area (Å²) in [5.74, 6) is 0.204. The Kier molecular flexibility index (Phi) is 3.81. The Morgan fingerprint density at radius 1 is 1.00 bits per heavy atom. The van der Waals surface area contributed by atoms with E-state index in [9.17, 15) is 15.0 Å². The molecule has 0 aromatic carbocycles. The number of likely N-dealkylation sites (tertiary alicyclic amines) is 1. The molecule has 0 aromatic heterocycles. The Hall–Kier alpha value is -0.610. The number of aliphatic hydroxyl groups is 1. The molecule has 2 aliphatic carbocycles. The number of aliphatic hydroxyl groups excluding tert-OH is 1. The molecule has 3 fully saturated rings. The van der Waals surface area contributed by atoms with E-state index in [0.717, 1.165) is 38.6 Å². The Balaban J connectivity index is 1.80. The van der Waals surface area contributed by atoms with E-state index in [-0.39, 0.29) is 18.2 Å². The van der Waals surface area contributed by atoms with Crippen molar-refractivity contribution in [2.45, 2.75) is 69.6 Å². The second kappa shape index (κ2) is 5.41. The van der Waals surface area contributed by atoms with Crippen LogP contribution < -0.4 is 0 Å². The van der Waals surface area contributed by atoms with Crippen LogP contribution in [0.2, 0.25) is 0 Å². The molecule has 1 heterocycles. The third kappa shape index (κ3) is 2.40. The van der Waals surface area contributed by atoms with E-state index in [2.05, 4.69) is 4.90 Å². The van der Waals surface area contributed by atoms with Crippen molar-refractivity contribution in [1.82, 2.24) is 4.90 Å². The minimum Gasteiger partial charge on any atom is -0.480 e. The Morgan fingerprint density at radius 2 is 1.79 bits per heavy atom. The van der Waals surface area contributed by atoms with Crippen molar-refractivity contribution >= 4 is 5.97 Å². The van der Waals surface area contributed by atoms with Gasteiger partial charge in [0.25, 0.3) is 0 Å². The van der Waals surface area contributed by atoms with Gasteiger partial charge in [-0.25, -0.2) is 0 Å². The smallest absolute Gasteiger partial charge is 0.321 e. The number of hydrogen-bond donors (Lipinski definition) is 2. The highest BCUT2D eigenvalue weighted by molar-refractivity contribution is 5.74. The quantitative estimate of drug-likeness (QED) is 0.750. The van der Waals surface area contributed by atoms with Gasteiger partial charge in [0.05, 0.1) is 6.10 Å². The van der Waals surface area contributed by atoms with Crippen LogP contribution in [0.25, 0.3) is 0 Å². The summed E-state index contributed by atoms with van der Waals surface area (Å²) in [4.78, 5) is 13.8. The van der Waals surface area contributed by atoms with Crippen LogP contribution in [0.1, 0.15) is 51.4 Å². The first kappa shape index (κ1) is 13.4. The van der Waals surface area contributed by atoms with E-state index < -0.39 is 5.97 Å². The summed E-state index contributed by atoms with van der Waals surface area (Å²) in [6, 6.07) is -0.264. The third-order valence-electron chi connectivity index (χ3n) is 5.55. The van der Waals surface area contributed by atoms with Crippen LogP contribution in [-0.2, 0) is 4.79 Å². The average molecular weight is 267 g/mol. The Bertz CT molecular complexity index is 346. The monoisotopic (exact) mass is 267 g/mol. The summed E-state index contributed by atoms with van der Waals surface area (Å²) in [7, 11) is 0. The normalized spacial score (nSPS) is 43.9. The van der Waals surface area contributed by atoms with E-state index >= 15 is 0 Å². The molecule has 3 rings (SSSR count). The molecule has 0 aromatic rings. The number of rotatable bonds is 2. The summed E-state index contributed by atoms with van der Waals surface area (Å²) in [5, 5.41) is 19.9. The number of carboxylic acids is 1. The van der Waals surface area contributed by atoms with Gasteiger partial charge in [-0.3, -0.25) is 9.69 Å². The van der Waals surface area contributed by atoms with Crippen LogP contribution in [0.4, 0.5) is 0 Å². The number of aliphatic carboxylic acids is 1. The second-order valence-electron chi connectivity index (χ2n) is 6.61. The molecule has 0 spiro atoms. The fourth-order valence-electron chi connectivity index (χ4n) is 4.66. The largest absolute Gasteiger partial charge is 0.480 e. The molecule has 5 unspecified atom stereocenters. The number of carbonyl (C=O) groups is 1. The molecule has 1 saturated heterocycles.